The Hall–Kier alpha value is -3.34. The van der Waals surface area contributed by atoms with Gasteiger partial charge in [-0.15, -0.1) is 0 Å². The molecule has 0 aliphatic carbocycles. The van der Waals surface area contributed by atoms with E-state index in [1.165, 1.54) is 0 Å². The third kappa shape index (κ3) is 6.35. The van der Waals surface area contributed by atoms with Gasteiger partial charge in [0.05, 0.1) is 48.0 Å². The second-order valence-electron chi connectivity index (χ2n) is 10.1. The summed E-state index contributed by atoms with van der Waals surface area (Å²) in [5.74, 6) is 1.59. The maximum absolute atomic E-state index is 7.02. The van der Waals surface area contributed by atoms with Gasteiger partial charge in [-0.1, -0.05) is 59.6 Å². The molecule has 0 spiro atoms. The molecule has 1 aliphatic rings. The van der Waals surface area contributed by atoms with Crippen molar-refractivity contribution < 1.29 is 14.2 Å². The Balaban J connectivity index is 1.42. The van der Waals surface area contributed by atoms with E-state index in [0.29, 0.717) is 57.9 Å². The summed E-state index contributed by atoms with van der Waals surface area (Å²) in [4.78, 5) is 21.0. The SMILES string of the molecule is CNCc1ncc(-c2cccc(-c3cccc(-c4cnc(CN5CC(CCOC)C5)c(OC)n4)c3Cl)c2Cl)nc1OC. The summed E-state index contributed by atoms with van der Waals surface area (Å²) < 4.78 is 16.3. The fourth-order valence-electron chi connectivity index (χ4n) is 5.14. The van der Waals surface area contributed by atoms with Crippen LogP contribution in [0.5, 0.6) is 11.8 Å². The van der Waals surface area contributed by atoms with E-state index in [4.69, 9.17) is 47.4 Å². The average molecular weight is 610 g/mol. The molecule has 4 aromatic rings. The zero-order valence-electron chi connectivity index (χ0n) is 24.2. The van der Waals surface area contributed by atoms with E-state index in [2.05, 4.69) is 20.2 Å². The second kappa shape index (κ2) is 13.8. The van der Waals surface area contributed by atoms with Crippen molar-refractivity contribution in [1.29, 1.82) is 0 Å². The largest absolute Gasteiger partial charge is 0.480 e. The first-order valence-corrected chi connectivity index (χ1v) is 14.5. The molecule has 9 nitrogen and oxygen atoms in total. The number of rotatable bonds is 12. The number of ether oxygens (including phenoxy) is 3. The zero-order chi connectivity index (χ0) is 29.6. The molecule has 0 unspecified atom stereocenters. The standard InChI is InChI=1S/C31H34Cl2N6O3/c1-34-13-26-30(41-3)37-24(14-35-26)22-9-5-7-20(28(22)32)21-8-6-10-23(29(21)33)25-15-36-27(31(38-25)42-4)18-39-16-19(17-39)11-12-40-2/h5-10,14-15,19,34H,11-13,16-18H2,1-4H3. The van der Waals surface area contributed by atoms with Crippen molar-refractivity contribution >= 4 is 23.2 Å². The minimum absolute atomic E-state index is 0.444. The average Bonchev–Trinajstić information content (AvgIpc) is 2.99. The summed E-state index contributed by atoms with van der Waals surface area (Å²) in [7, 11) is 6.77. The summed E-state index contributed by atoms with van der Waals surface area (Å²) in [5, 5.41) is 4.09. The van der Waals surface area contributed by atoms with Crippen LogP contribution < -0.4 is 14.8 Å². The lowest BCUT2D eigenvalue weighted by molar-refractivity contribution is 0.0614. The highest BCUT2D eigenvalue weighted by Gasteiger charge is 2.28. The lowest BCUT2D eigenvalue weighted by Crippen LogP contribution is -2.46. The summed E-state index contributed by atoms with van der Waals surface area (Å²) in [5.41, 5.74) is 5.71. The van der Waals surface area contributed by atoms with Crippen molar-refractivity contribution in [3.63, 3.8) is 0 Å². The smallest absolute Gasteiger partial charge is 0.237 e. The minimum Gasteiger partial charge on any atom is -0.480 e. The summed E-state index contributed by atoms with van der Waals surface area (Å²) in [6.07, 6.45) is 4.51. The fraction of sp³-hybridized carbons (Fsp3) is 0.355. The van der Waals surface area contributed by atoms with Gasteiger partial charge in [-0.2, -0.15) is 0 Å². The summed E-state index contributed by atoms with van der Waals surface area (Å²) in [6, 6.07) is 11.5. The van der Waals surface area contributed by atoms with E-state index >= 15 is 0 Å². The van der Waals surface area contributed by atoms with Crippen LogP contribution in [0.1, 0.15) is 17.8 Å². The molecule has 1 fully saturated rings. The molecular weight excluding hydrogens is 575 g/mol. The molecule has 0 atom stereocenters. The molecule has 0 saturated carbocycles. The molecule has 2 aromatic carbocycles. The predicted molar refractivity (Wildman–Crippen MR) is 165 cm³/mol. The molecule has 2 aromatic heterocycles. The van der Waals surface area contributed by atoms with Crippen molar-refractivity contribution in [3.05, 3.63) is 70.2 Å². The number of methoxy groups -OCH3 is 3. The Labute approximate surface area is 256 Å². The quantitative estimate of drug-likeness (QED) is 0.215. The highest BCUT2D eigenvalue weighted by molar-refractivity contribution is 6.39. The van der Waals surface area contributed by atoms with Crippen LogP contribution >= 0.6 is 23.2 Å². The number of benzene rings is 2. The molecule has 0 bridgehead atoms. The molecule has 0 radical (unpaired) electrons. The predicted octanol–water partition coefficient (Wildman–Crippen LogP) is 5.78. The van der Waals surface area contributed by atoms with Gasteiger partial charge in [-0.25, -0.2) is 9.97 Å². The van der Waals surface area contributed by atoms with E-state index in [9.17, 15) is 0 Å². The maximum Gasteiger partial charge on any atom is 0.237 e. The molecule has 1 aliphatic heterocycles. The summed E-state index contributed by atoms with van der Waals surface area (Å²) in [6.45, 7) is 4.04. The van der Waals surface area contributed by atoms with Crippen LogP contribution in [0, 0.1) is 5.92 Å². The number of nitrogens with one attached hydrogen (secondary N) is 1. The van der Waals surface area contributed by atoms with Gasteiger partial charge in [-0.3, -0.25) is 14.9 Å². The molecule has 0 amide bonds. The first-order valence-electron chi connectivity index (χ1n) is 13.7. The Morgan fingerprint density at radius 2 is 1.33 bits per heavy atom. The van der Waals surface area contributed by atoms with Crippen molar-refractivity contribution in [2.45, 2.75) is 19.5 Å². The number of hydrogen-bond donors (Lipinski definition) is 1. The first-order chi connectivity index (χ1) is 20.5. The number of halogens is 2. The number of hydrogen-bond acceptors (Lipinski definition) is 9. The van der Waals surface area contributed by atoms with Gasteiger partial charge >= 0.3 is 0 Å². The Morgan fingerprint density at radius 1 is 0.810 bits per heavy atom. The van der Waals surface area contributed by atoms with Crippen LogP contribution in [0.4, 0.5) is 0 Å². The highest BCUT2D eigenvalue weighted by Crippen LogP contribution is 2.42. The van der Waals surface area contributed by atoms with Crippen LogP contribution in [-0.4, -0.2) is 72.9 Å². The van der Waals surface area contributed by atoms with Crippen molar-refractivity contribution in [1.82, 2.24) is 30.2 Å². The van der Waals surface area contributed by atoms with Crippen LogP contribution in [0.3, 0.4) is 0 Å². The third-order valence-corrected chi connectivity index (χ3v) is 8.14. The Bertz CT molecular complexity index is 1550. The van der Waals surface area contributed by atoms with Gasteiger partial charge in [0.1, 0.15) is 11.4 Å². The monoisotopic (exact) mass is 608 g/mol. The van der Waals surface area contributed by atoms with E-state index in [-0.39, 0.29) is 0 Å². The molecule has 11 heteroatoms. The van der Waals surface area contributed by atoms with Gasteiger partial charge in [0.15, 0.2) is 0 Å². The van der Waals surface area contributed by atoms with Crippen molar-refractivity contribution in [2.75, 3.05) is 48.1 Å². The summed E-state index contributed by atoms with van der Waals surface area (Å²) >= 11 is 14.0. The van der Waals surface area contributed by atoms with Crippen molar-refractivity contribution in [3.8, 4) is 45.4 Å². The van der Waals surface area contributed by atoms with Crippen LogP contribution in [0.15, 0.2) is 48.8 Å². The van der Waals surface area contributed by atoms with Gasteiger partial charge in [0.2, 0.25) is 11.8 Å². The number of nitrogens with zero attached hydrogens (tertiary/aromatic N) is 5. The minimum atomic E-state index is 0.444. The van der Waals surface area contributed by atoms with Gasteiger partial charge in [-0.05, 0) is 19.4 Å². The molecular formula is C31H34Cl2N6O3. The number of aromatic nitrogens is 4. The van der Waals surface area contributed by atoms with Gasteiger partial charge in [0.25, 0.3) is 0 Å². The maximum atomic E-state index is 7.02. The normalized spacial score (nSPS) is 13.7. The lowest BCUT2D eigenvalue weighted by Gasteiger charge is -2.39. The highest BCUT2D eigenvalue weighted by atomic mass is 35.5. The van der Waals surface area contributed by atoms with E-state index in [1.54, 1.807) is 33.7 Å². The van der Waals surface area contributed by atoms with E-state index < -0.39 is 0 Å². The van der Waals surface area contributed by atoms with Gasteiger partial charge in [0, 0.05) is 62.1 Å². The van der Waals surface area contributed by atoms with Crippen LogP contribution in [0.2, 0.25) is 10.0 Å². The Kier molecular flexibility index (Phi) is 9.87. The van der Waals surface area contributed by atoms with Gasteiger partial charge < -0.3 is 19.5 Å². The Morgan fingerprint density at radius 3 is 1.86 bits per heavy atom. The molecule has 1 saturated heterocycles. The molecule has 42 heavy (non-hydrogen) atoms. The number of likely N-dealkylation sites (tertiary alicyclic amines) is 1. The molecule has 3 heterocycles. The zero-order valence-corrected chi connectivity index (χ0v) is 25.7. The van der Waals surface area contributed by atoms with Crippen LogP contribution in [-0.2, 0) is 17.8 Å². The first kappa shape index (κ1) is 30.1. The van der Waals surface area contributed by atoms with E-state index in [0.717, 1.165) is 54.1 Å². The molecule has 5 rings (SSSR count). The lowest BCUT2D eigenvalue weighted by atomic mass is 9.96. The molecule has 1 N–H and O–H groups in total. The topological polar surface area (TPSA) is 94.5 Å². The third-order valence-electron chi connectivity index (χ3n) is 7.33. The van der Waals surface area contributed by atoms with Crippen LogP contribution in [0.25, 0.3) is 33.6 Å². The van der Waals surface area contributed by atoms with Crippen molar-refractivity contribution in [2.24, 2.45) is 5.92 Å². The second-order valence-corrected chi connectivity index (χ2v) is 10.9. The molecule has 220 valence electrons. The van der Waals surface area contributed by atoms with E-state index in [1.807, 2.05) is 43.4 Å². The fourth-order valence-corrected chi connectivity index (χ4v) is 5.79.